The SMILES string of the molecule is CSc1[nH]c(=O)n(-c2cccc(Cl)c2)c(=O)c1C#N. The van der Waals surface area contributed by atoms with E-state index >= 15 is 0 Å². The maximum Gasteiger partial charge on any atom is 0.333 e. The van der Waals surface area contributed by atoms with Crippen LogP contribution in [0, 0.1) is 11.3 Å². The second-order valence-corrected chi connectivity index (χ2v) is 4.82. The lowest BCUT2D eigenvalue weighted by atomic mass is 10.3. The Bertz CT molecular complexity index is 789. The maximum atomic E-state index is 12.2. The Kier molecular flexibility index (Phi) is 3.79. The molecular weight excluding hydrogens is 286 g/mol. The fourth-order valence-corrected chi connectivity index (χ4v) is 2.33. The molecule has 1 aromatic heterocycles. The van der Waals surface area contributed by atoms with Gasteiger partial charge in [0.2, 0.25) is 0 Å². The van der Waals surface area contributed by atoms with E-state index in [9.17, 15) is 9.59 Å². The van der Waals surface area contributed by atoms with Crippen LogP contribution in [-0.4, -0.2) is 15.8 Å². The van der Waals surface area contributed by atoms with Crippen LogP contribution in [-0.2, 0) is 0 Å². The smallest absolute Gasteiger partial charge is 0.300 e. The van der Waals surface area contributed by atoms with Crippen LogP contribution in [0.4, 0.5) is 0 Å². The number of hydrogen-bond donors (Lipinski definition) is 1. The molecule has 0 atom stereocenters. The number of halogens is 1. The van der Waals surface area contributed by atoms with E-state index in [-0.39, 0.29) is 10.6 Å². The van der Waals surface area contributed by atoms with Crippen LogP contribution in [0.15, 0.2) is 38.9 Å². The van der Waals surface area contributed by atoms with E-state index in [2.05, 4.69) is 4.98 Å². The Morgan fingerprint density at radius 2 is 2.16 bits per heavy atom. The van der Waals surface area contributed by atoms with Crippen LogP contribution in [0.1, 0.15) is 5.56 Å². The molecule has 1 N–H and O–H groups in total. The summed E-state index contributed by atoms with van der Waals surface area (Å²) < 4.78 is 0.893. The number of nitrogens with one attached hydrogen (secondary N) is 1. The highest BCUT2D eigenvalue weighted by molar-refractivity contribution is 7.98. The van der Waals surface area contributed by atoms with Gasteiger partial charge in [0.15, 0.2) is 0 Å². The minimum Gasteiger partial charge on any atom is -0.300 e. The van der Waals surface area contributed by atoms with Crippen LogP contribution < -0.4 is 11.2 Å². The molecule has 2 aromatic rings. The Morgan fingerprint density at radius 1 is 1.42 bits per heavy atom. The van der Waals surface area contributed by atoms with Crippen molar-refractivity contribution < 1.29 is 0 Å². The first-order valence-electron chi connectivity index (χ1n) is 5.18. The first kappa shape index (κ1) is 13.5. The first-order chi connectivity index (χ1) is 9.08. The molecule has 0 saturated carbocycles. The quantitative estimate of drug-likeness (QED) is 0.676. The van der Waals surface area contributed by atoms with Gasteiger partial charge in [-0.25, -0.2) is 9.36 Å². The molecule has 0 aliphatic heterocycles. The van der Waals surface area contributed by atoms with Crippen molar-refractivity contribution in [3.8, 4) is 11.8 Å². The van der Waals surface area contributed by atoms with Gasteiger partial charge in [0, 0.05) is 5.02 Å². The molecular formula is C12H8ClN3O2S. The molecule has 0 aliphatic rings. The van der Waals surface area contributed by atoms with Gasteiger partial charge in [-0.1, -0.05) is 17.7 Å². The lowest BCUT2D eigenvalue weighted by Gasteiger charge is -2.07. The molecule has 0 spiro atoms. The van der Waals surface area contributed by atoms with Gasteiger partial charge in [-0.05, 0) is 24.5 Å². The van der Waals surface area contributed by atoms with Gasteiger partial charge < -0.3 is 4.98 Å². The van der Waals surface area contributed by atoms with E-state index < -0.39 is 11.2 Å². The van der Waals surface area contributed by atoms with Gasteiger partial charge in [-0.15, -0.1) is 11.8 Å². The molecule has 2 rings (SSSR count). The molecule has 0 aliphatic carbocycles. The van der Waals surface area contributed by atoms with Crippen molar-refractivity contribution in [2.75, 3.05) is 6.26 Å². The Balaban J connectivity index is 2.83. The van der Waals surface area contributed by atoms with Gasteiger partial charge in [-0.2, -0.15) is 5.26 Å². The molecule has 0 unspecified atom stereocenters. The fraction of sp³-hybridized carbons (Fsp3) is 0.0833. The van der Waals surface area contributed by atoms with E-state index in [4.69, 9.17) is 16.9 Å². The van der Waals surface area contributed by atoms with Crippen LogP contribution in [0.3, 0.4) is 0 Å². The monoisotopic (exact) mass is 293 g/mol. The highest BCUT2D eigenvalue weighted by Gasteiger charge is 2.14. The third-order valence-electron chi connectivity index (χ3n) is 2.45. The van der Waals surface area contributed by atoms with Crippen molar-refractivity contribution in [2.24, 2.45) is 0 Å². The maximum absolute atomic E-state index is 12.2. The van der Waals surface area contributed by atoms with Crippen LogP contribution in [0.25, 0.3) is 5.69 Å². The molecule has 19 heavy (non-hydrogen) atoms. The van der Waals surface area contributed by atoms with E-state index in [0.29, 0.717) is 10.7 Å². The van der Waals surface area contributed by atoms with Crippen LogP contribution in [0.5, 0.6) is 0 Å². The summed E-state index contributed by atoms with van der Waals surface area (Å²) >= 11 is 6.97. The summed E-state index contributed by atoms with van der Waals surface area (Å²) in [4.78, 5) is 26.6. The summed E-state index contributed by atoms with van der Waals surface area (Å²) in [5, 5.41) is 9.68. The van der Waals surface area contributed by atoms with E-state index in [1.807, 2.05) is 6.07 Å². The Hall–Kier alpha value is -1.97. The van der Waals surface area contributed by atoms with Crippen molar-refractivity contribution in [2.45, 2.75) is 5.03 Å². The lowest BCUT2D eigenvalue weighted by molar-refractivity contribution is 0.824. The van der Waals surface area contributed by atoms with Gasteiger partial charge in [0.05, 0.1) is 10.7 Å². The zero-order chi connectivity index (χ0) is 14.0. The van der Waals surface area contributed by atoms with Crippen molar-refractivity contribution in [1.82, 2.24) is 9.55 Å². The molecule has 5 nitrogen and oxygen atoms in total. The summed E-state index contributed by atoms with van der Waals surface area (Å²) in [6.07, 6.45) is 1.68. The number of nitriles is 1. The molecule has 1 aromatic carbocycles. The van der Waals surface area contributed by atoms with Gasteiger partial charge in [0.1, 0.15) is 11.6 Å². The number of thioether (sulfide) groups is 1. The van der Waals surface area contributed by atoms with Crippen molar-refractivity contribution in [3.05, 3.63) is 55.7 Å². The second-order valence-electron chi connectivity index (χ2n) is 3.57. The summed E-state index contributed by atoms with van der Waals surface area (Å²) in [5.74, 6) is 0. The predicted octanol–water partition coefficient (Wildman–Crippen LogP) is 1.77. The lowest BCUT2D eigenvalue weighted by Crippen LogP contribution is -2.35. The number of aromatic nitrogens is 2. The number of rotatable bonds is 2. The molecule has 0 radical (unpaired) electrons. The van der Waals surface area contributed by atoms with Gasteiger partial charge in [0.25, 0.3) is 5.56 Å². The topological polar surface area (TPSA) is 78.7 Å². The fourth-order valence-electron chi connectivity index (χ4n) is 1.62. The number of benzene rings is 1. The molecule has 0 saturated heterocycles. The van der Waals surface area contributed by atoms with Crippen LogP contribution in [0.2, 0.25) is 5.02 Å². The number of H-pyrrole nitrogens is 1. The molecule has 1 heterocycles. The summed E-state index contributed by atoms with van der Waals surface area (Å²) in [7, 11) is 0. The first-order valence-corrected chi connectivity index (χ1v) is 6.78. The third-order valence-corrected chi connectivity index (χ3v) is 3.40. The average molecular weight is 294 g/mol. The zero-order valence-corrected chi connectivity index (χ0v) is 11.4. The highest BCUT2D eigenvalue weighted by atomic mass is 35.5. The van der Waals surface area contributed by atoms with E-state index in [1.54, 1.807) is 24.5 Å². The second kappa shape index (κ2) is 5.34. The summed E-state index contributed by atoms with van der Waals surface area (Å²) in [6, 6.07) is 8.12. The minimum absolute atomic E-state index is 0.0907. The molecule has 7 heteroatoms. The zero-order valence-electron chi connectivity index (χ0n) is 9.81. The minimum atomic E-state index is -0.655. The Morgan fingerprint density at radius 3 is 2.74 bits per heavy atom. The summed E-state index contributed by atoms with van der Waals surface area (Å²) in [5.41, 5.74) is -1.02. The van der Waals surface area contributed by atoms with Gasteiger partial charge in [-0.3, -0.25) is 4.79 Å². The van der Waals surface area contributed by atoms with Crippen molar-refractivity contribution in [3.63, 3.8) is 0 Å². The third kappa shape index (κ3) is 2.43. The van der Waals surface area contributed by atoms with Crippen molar-refractivity contribution >= 4 is 23.4 Å². The molecule has 0 fully saturated rings. The standard InChI is InChI=1S/C12H8ClN3O2S/c1-19-10-9(6-14)11(17)16(12(18)15-10)8-4-2-3-7(13)5-8/h2-5H,1H3,(H,15,18). The molecule has 96 valence electrons. The van der Waals surface area contributed by atoms with E-state index in [1.165, 1.54) is 6.07 Å². The largest absolute Gasteiger partial charge is 0.333 e. The van der Waals surface area contributed by atoms with Gasteiger partial charge >= 0.3 is 5.69 Å². The number of nitrogens with zero attached hydrogens (tertiary/aromatic N) is 2. The average Bonchev–Trinajstić information content (AvgIpc) is 2.38. The van der Waals surface area contributed by atoms with Crippen molar-refractivity contribution in [1.29, 1.82) is 5.26 Å². The molecule has 0 bridgehead atoms. The normalized spacial score (nSPS) is 10.2. The molecule has 0 amide bonds. The highest BCUT2D eigenvalue weighted by Crippen LogP contribution is 2.14. The van der Waals surface area contributed by atoms with Crippen LogP contribution >= 0.6 is 23.4 Å². The van der Waals surface area contributed by atoms with E-state index in [0.717, 1.165) is 16.3 Å². The number of aromatic amines is 1. The summed E-state index contributed by atoms with van der Waals surface area (Å²) in [6.45, 7) is 0. The number of hydrogen-bond acceptors (Lipinski definition) is 4. The Labute approximate surface area is 117 Å². The predicted molar refractivity (Wildman–Crippen MR) is 74.2 cm³/mol.